The minimum atomic E-state index is -0.739. The monoisotopic (exact) mass is 334 g/mol. The smallest absolute Gasteiger partial charge is 0.277 e. The van der Waals surface area contributed by atoms with Crippen LogP contribution in [0.15, 0.2) is 23.5 Å². The van der Waals surface area contributed by atoms with Gasteiger partial charge in [0.25, 0.3) is 11.8 Å². The number of nitrogens with one attached hydrogen (secondary N) is 2. The molecule has 6 amide bonds. The van der Waals surface area contributed by atoms with Crippen molar-refractivity contribution in [3.8, 4) is 0 Å². The average molecular weight is 334 g/mol. The lowest BCUT2D eigenvalue weighted by atomic mass is 10.2. The van der Waals surface area contributed by atoms with Crippen LogP contribution in [0.3, 0.4) is 0 Å². The van der Waals surface area contributed by atoms with Gasteiger partial charge in [0.1, 0.15) is 24.5 Å². The number of imide groups is 2. The number of piperazine rings is 2. The van der Waals surface area contributed by atoms with E-state index in [9.17, 15) is 28.8 Å². The molecule has 0 aromatic carbocycles. The van der Waals surface area contributed by atoms with Gasteiger partial charge < -0.3 is 10.6 Å². The zero-order valence-corrected chi connectivity index (χ0v) is 12.9. The van der Waals surface area contributed by atoms with Crippen LogP contribution in [-0.2, 0) is 28.8 Å². The van der Waals surface area contributed by atoms with E-state index in [0.717, 1.165) is 35.8 Å². The summed E-state index contributed by atoms with van der Waals surface area (Å²) in [6.45, 7) is 1.50. The first-order chi connectivity index (χ1) is 11.2. The summed E-state index contributed by atoms with van der Waals surface area (Å²) in [5.74, 6) is -3.82. The molecule has 24 heavy (non-hydrogen) atoms. The average Bonchev–Trinajstić information content (AvgIpc) is 2.49. The Morgan fingerprint density at radius 2 is 1.12 bits per heavy atom. The fourth-order valence-corrected chi connectivity index (χ4v) is 2.11. The maximum Gasteiger partial charge on any atom is 0.277 e. The summed E-state index contributed by atoms with van der Waals surface area (Å²) >= 11 is 0. The molecule has 2 N–H and O–H groups in total. The number of rotatable bonds is 1. The van der Waals surface area contributed by atoms with Gasteiger partial charge in [-0.25, -0.2) is 0 Å². The Balaban J connectivity index is 2.30. The van der Waals surface area contributed by atoms with E-state index in [4.69, 9.17) is 0 Å². The van der Waals surface area contributed by atoms with Gasteiger partial charge in [-0.1, -0.05) is 0 Å². The molecule has 10 nitrogen and oxygen atoms in total. The van der Waals surface area contributed by atoms with Crippen molar-refractivity contribution in [1.29, 1.82) is 0 Å². The summed E-state index contributed by atoms with van der Waals surface area (Å²) in [6, 6.07) is 0. The van der Waals surface area contributed by atoms with E-state index < -0.39 is 48.5 Å². The molecule has 10 heteroatoms. The third-order valence-electron chi connectivity index (χ3n) is 3.28. The molecule has 2 aliphatic heterocycles. The minimum Gasteiger partial charge on any atom is -0.320 e. The number of hydrogen-bond donors (Lipinski definition) is 2. The van der Waals surface area contributed by atoms with E-state index in [-0.39, 0.29) is 11.4 Å². The molecule has 0 saturated carbocycles. The Hall–Kier alpha value is -3.30. The highest BCUT2D eigenvalue weighted by Crippen LogP contribution is 2.10. The molecule has 2 rings (SSSR count). The highest BCUT2D eigenvalue weighted by molar-refractivity contribution is 6.12. The van der Waals surface area contributed by atoms with Gasteiger partial charge in [0.05, 0.1) is 0 Å². The first-order valence-electron chi connectivity index (χ1n) is 6.87. The van der Waals surface area contributed by atoms with Gasteiger partial charge in [-0.3, -0.25) is 38.6 Å². The number of allylic oxidation sites excluding steroid dienone is 2. The Morgan fingerprint density at radius 3 is 1.42 bits per heavy atom. The SMILES string of the molecule is CC(=O)N1CC(=O)N/C(=C/C=C2/NC(=O)CN(C(C)=O)C2=O)C1=O. The van der Waals surface area contributed by atoms with Crippen molar-refractivity contribution < 1.29 is 28.8 Å². The van der Waals surface area contributed by atoms with Crippen LogP contribution in [0.1, 0.15) is 13.8 Å². The van der Waals surface area contributed by atoms with Crippen LogP contribution >= 0.6 is 0 Å². The molecule has 2 aliphatic rings. The van der Waals surface area contributed by atoms with Crippen molar-refractivity contribution in [1.82, 2.24) is 20.4 Å². The number of nitrogens with zero attached hydrogens (tertiary/aromatic N) is 2. The molecule has 0 aliphatic carbocycles. The van der Waals surface area contributed by atoms with Crippen LogP contribution in [0.2, 0.25) is 0 Å². The van der Waals surface area contributed by atoms with E-state index in [2.05, 4.69) is 10.6 Å². The topological polar surface area (TPSA) is 133 Å². The number of carbonyl (C=O) groups is 6. The van der Waals surface area contributed by atoms with E-state index in [1.807, 2.05) is 0 Å². The first kappa shape index (κ1) is 17.1. The Labute approximate surface area is 136 Å². The molecule has 2 heterocycles. The molecular formula is C14H14N4O6. The summed E-state index contributed by atoms with van der Waals surface area (Å²) in [5, 5.41) is 4.56. The summed E-state index contributed by atoms with van der Waals surface area (Å²) in [6.07, 6.45) is 2.18. The van der Waals surface area contributed by atoms with Gasteiger partial charge >= 0.3 is 0 Å². The molecule has 0 aromatic rings. The van der Waals surface area contributed by atoms with Crippen molar-refractivity contribution >= 4 is 35.4 Å². The molecule has 0 spiro atoms. The van der Waals surface area contributed by atoms with Crippen LogP contribution in [0.4, 0.5) is 0 Å². The van der Waals surface area contributed by atoms with Crippen molar-refractivity contribution in [2.75, 3.05) is 13.1 Å². The Kier molecular flexibility index (Phi) is 4.58. The van der Waals surface area contributed by atoms with Gasteiger partial charge in [0.2, 0.25) is 23.6 Å². The lowest BCUT2D eigenvalue weighted by Crippen LogP contribution is -2.52. The quantitative estimate of drug-likeness (QED) is 0.521. The number of carbonyl (C=O) groups excluding carboxylic acids is 6. The van der Waals surface area contributed by atoms with Gasteiger partial charge in [-0.05, 0) is 12.2 Å². The predicted molar refractivity (Wildman–Crippen MR) is 77.2 cm³/mol. The zero-order chi connectivity index (χ0) is 18.0. The van der Waals surface area contributed by atoms with Gasteiger partial charge in [0, 0.05) is 13.8 Å². The zero-order valence-electron chi connectivity index (χ0n) is 12.9. The summed E-state index contributed by atoms with van der Waals surface area (Å²) in [7, 11) is 0. The van der Waals surface area contributed by atoms with Crippen LogP contribution in [0.25, 0.3) is 0 Å². The molecule has 0 aromatic heterocycles. The van der Waals surface area contributed by atoms with E-state index in [0.29, 0.717) is 0 Å². The Bertz CT molecular complexity index is 674. The van der Waals surface area contributed by atoms with Gasteiger partial charge in [0.15, 0.2) is 0 Å². The third-order valence-corrected chi connectivity index (χ3v) is 3.28. The second-order valence-corrected chi connectivity index (χ2v) is 5.08. The van der Waals surface area contributed by atoms with E-state index in [1.165, 1.54) is 0 Å². The first-order valence-corrected chi connectivity index (χ1v) is 6.87. The second kappa shape index (κ2) is 6.44. The molecule has 0 unspecified atom stereocenters. The fraction of sp³-hybridized carbons (Fsp3) is 0.286. The molecular weight excluding hydrogens is 320 g/mol. The highest BCUT2D eigenvalue weighted by Gasteiger charge is 2.32. The maximum absolute atomic E-state index is 12.1. The number of hydrogen-bond acceptors (Lipinski definition) is 6. The molecule has 0 radical (unpaired) electrons. The van der Waals surface area contributed by atoms with Gasteiger partial charge in [-0.15, -0.1) is 0 Å². The third kappa shape index (κ3) is 3.37. The van der Waals surface area contributed by atoms with Crippen molar-refractivity contribution in [2.45, 2.75) is 13.8 Å². The molecule has 126 valence electrons. The summed E-state index contributed by atoms with van der Waals surface area (Å²) < 4.78 is 0. The van der Waals surface area contributed by atoms with Crippen LogP contribution < -0.4 is 10.6 Å². The lowest BCUT2D eigenvalue weighted by molar-refractivity contribution is -0.148. The molecule has 2 fully saturated rings. The molecule has 0 bridgehead atoms. The van der Waals surface area contributed by atoms with Crippen molar-refractivity contribution in [3.05, 3.63) is 23.5 Å². The normalized spacial score (nSPS) is 21.9. The van der Waals surface area contributed by atoms with Crippen molar-refractivity contribution in [3.63, 3.8) is 0 Å². The van der Waals surface area contributed by atoms with Crippen LogP contribution in [-0.4, -0.2) is 58.3 Å². The maximum atomic E-state index is 12.1. The largest absolute Gasteiger partial charge is 0.320 e. The second-order valence-electron chi connectivity index (χ2n) is 5.08. The van der Waals surface area contributed by atoms with Crippen LogP contribution in [0, 0.1) is 0 Å². The Morgan fingerprint density at radius 1 is 0.792 bits per heavy atom. The van der Waals surface area contributed by atoms with Crippen LogP contribution in [0.5, 0.6) is 0 Å². The standard InChI is InChI=1S/C14H14N4O6/c1-7(19)17-5-11(21)15-9(13(17)23)3-4-10-14(24)18(8(2)20)6-12(22)16-10/h3-4H,5-6H2,1-2H3,(H,15,21)(H,16,22)/b9-3+,10-4+. The molecule has 0 atom stereocenters. The molecule has 2 saturated heterocycles. The predicted octanol–water partition coefficient (Wildman–Crippen LogP) is -2.24. The number of amides is 6. The summed E-state index contributed by atoms with van der Waals surface area (Å²) in [5.41, 5.74) is -0.452. The van der Waals surface area contributed by atoms with Crippen molar-refractivity contribution in [2.24, 2.45) is 0 Å². The van der Waals surface area contributed by atoms with Gasteiger partial charge in [-0.2, -0.15) is 0 Å². The van der Waals surface area contributed by atoms with E-state index >= 15 is 0 Å². The lowest BCUT2D eigenvalue weighted by Gasteiger charge is -2.26. The summed E-state index contributed by atoms with van der Waals surface area (Å²) in [4.78, 5) is 71.4. The van der Waals surface area contributed by atoms with E-state index in [1.54, 1.807) is 0 Å². The fourth-order valence-electron chi connectivity index (χ4n) is 2.11. The highest BCUT2D eigenvalue weighted by atomic mass is 16.2. The minimum absolute atomic E-state index is 0.226.